The fourth-order valence-electron chi connectivity index (χ4n) is 5.31. The lowest BCUT2D eigenvalue weighted by Crippen LogP contribution is -2.50. The molecule has 0 aliphatic carbocycles. The van der Waals surface area contributed by atoms with Crippen molar-refractivity contribution in [2.75, 3.05) is 19.6 Å². The van der Waals surface area contributed by atoms with Crippen LogP contribution in [0.25, 0.3) is 0 Å². The molecule has 0 radical (unpaired) electrons. The van der Waals surface area contributed by atoms with Crippen molar-refractivity contribution in [2.45, 2.75) is 78.9 Å². The number of carbonyl (C=O) groups is 4. The number of nitrogens with zero attached hydrogens (tertiary/aromatic N) is 5. The average Bonchev–Trinajstić information content (AvgIpc) is 3.51. The van der Waals surface area contributed by atoms with Gasteiger partial charge in [-0.2, -0.15) is 5.10 Å². The van der Waals surface area contributed by atoms with Crippen LogP contribution in [0.15, 0.2) is 34.9 Å². The minimum absolute atomic E-state index is 0.0794. The van der Waals surface area contributed by atoms with E-state index in [1.54, 1.807) is 25.7 Å². The average molecular weight is 607 g/mol. The van der Waals surface area contributed by atoms with Crippen LogP contribution in [0.5, 0.6) is 0 Å². The molecule has 1 aliphatic rings. The van der Waals surface area contributed by atoms with Crippen LogP contribution in [-0.4, -0.2) is 74.1 Å². The summed E-state index contributed by atoms with van der Waals surface area (Å²) in [6.45, 7) is 9.93. The summed E-state index contributed by atoms with van der Waals surface area (Å²) >= 11 is 0. The number of hydrogen-bond donors (Lipinski definition) is 3. The standard InChI is InChI=1S/C31H42N8O5/c1-19(2)28-29-33-22(5)36-39(29)18-26(41)32-14-10-16-38(31(43)27-20(3)37-44-21(27)4)15-9-13-25(40)34-24(30(42)35-28)17-23-11-7-6-8-12-23/h6-8,11-12,19,24,28H,9-10,13-18H2,1-5H3,(H,32,41)(H,34,40)(H,35,42)/t24-,28+/m1/s1. The Morgan fingerprint density at radius 1 is 1.02 bits per heavy atom. The summed E-state index contributed by atoms with van der Waals surface area (Å²) in [6.07, 6.45) is 1.28. The summed E-state index contributed by atoms with van der Waals surface area (Å²) in [7, 11) is 0. The Bertz CT molecular complexity index is 1450. The predicted octanol–water partition coefficient (Wildman–Crippen LogP) is 2.17. The summed E-state index contributed by atoms with van der Waals surface area (Å²) in [6, 6.07) is 8.06. The second kappa shape index (κ2) is 14.8. The van der Waals surface area contributed by atoms with E-state index in [-0.39, 0.29) is 48.9 Å². The molecule has 0 spiro atoms. The zero-order valence-corrected chi connectivity index (χ0v) is 26.1. The molecule has 0 saturated heterocycles. The van der Waals surface area contributed by atoms with Gasteiger partial charge in [-0.25, -0.2) is 9.67 Å². The zero-order valence-electron chi connectivity index (χ0n) is 26.1. The molecule has 3 heterocycles. The molecule has 1 aliphatic heterocycles. The molecule has 0 unspecified atom stereocenters. The molecule has 44 heavy (non-hydrogen) atoms. The Labute approximate surface area is 257 Å². The highest BCUT2D eigenvalue weighted by atomic mass is 16.5. The number of carbonyl (C=O) groups excluding carboxylic acids is 4. The largest absolute Gasteiger partial charge is 0.361 e. The predicted molar refractivity (Wildman–Crippen MR) is 161 cm³/mol. The fraction of sp³-hybridized carbons (Fsp3) is 0.516. The summed E-state index contributed by atoms with van der Waals surface area (Å²) in [4.78, 5) is 59.6. The van der Waals surface area contributed by atoms with Crippen molar-refractivity contribution in [1.29, 1.82) is 0 Å². The van der Waals surface area contributed by atoms with E-state index in [1.165, 1.54) is 4.68 Å². The maximum Gasteiger partial charge on any atom is 0.259 e. The third-order valence-corrected chi connectivity index (χ3v) is 7.57. The maximum absolute atomic E-state index is 13.8. The lowest BCUT2D eigenvalue weighted by molar-refractivity contribution is -0.129. The Hall–Kier alpha value is -4.55. The molecule has 2 atom stereocenters. The highest BCUT2D eigenvalue weighted by molar-refractivity contribution is 5.96. The van der Waals surface area contributed by atoms with Crippen LogP contribution >= 0.6 is 0 Å². The van der Waals surface area contributed by atoms with Gasteiger partial charge in [-0.15, -0.1) is 0 Å². The van der Waals surface area contributed by atoms with E-state index in [9.17, 15) is 19.2 Å². The molecular weight excluding hydrogens is 564 g/mol. The van der Waals surface area contributed by atoms with E-state index in [1.807, 2.05) is 44.2 Å². The molecule has 3 aromatic rings. The van der Waals surface area contributed by atoms with Crippen molar-refractivity contribution in [3.05, 3.63) is 64.6 Å². The van der Waals surface area contributed by atoms with Crippen molar-refractivity contribution in [3.8, 4) is 0 Å². The number of hydrogen-bond acceptors (Lipinski definition) is 8. The number of nitrogens with one attached hydrogen (secondary N) is 3. The molecule has 4 rings (SSSR count). The molecule has 0 bridgehead atoms. The number of aryl methyl sites for hydroxylation is 3. The summed E-state index contributed by atoms with van der Waals surface area (Å²) in [5.74, 6) is 0.114. The maximum atomic E-state index is 13.8. The van der Waals surface area contributed by atoms with Gasteiger partial charge in [0.2, 0.25) is 17.7 Å². The van der Waals surface area contributed by atoms with Crippen molar-refractivity contribution in [3.63, 3.8) is 0 Å². The lowest BCUT2D eigenvalue weighted by Gasteiger charge is -2.26. The van der Waals surface area contributed by atoms with E-state index in [0.717, 1.165) is 5.56 Å². The fourth-order valence-corrected chi connectivity index (χ4v) is 5.31. The highest BCUT2D eigenvalue weighted by Crippen LogP contribution is 2.21. The van der Waals surface area contributed by atoms with E-state index >= 15 is 0 Å². The van der Waals surface area contributed by atoms with Gasteiger partial charge < -0.3 is 25.4 Å². The molecular formula is C31H42N8O5. The van der Waals surface area contributed by atoms with Crippen LogP contribution in [0.1, 0.15) is 78.2 Å². The van der Waals surface area contributed by atoms with Crippen molar-refractivity contribution >= 4 is 23.6 Å². The first-order chi connectivity index (χ1) is 21.0. The van der Waals surface area contributed by atoms with Crippen LogP contribution < -0.4 is 16.0 Å². The lowest BCUT2D eigenvalue weighted by atomic mass is 10.0. The third kappa shape index (κ3) is 8.29. The number of rotatable bonds is 4. The van der Waals surface area contributed by atoms with Crippen LogP contribution in [0.4, 0.5) is 0 Å². The topological polar surface area (TPSA) is 164 Å². The monoisotopic (exact) mass is 606 g/mol. The van der Waals surface area contributed by atoms with Gasteiger partial charge in [-0.1, -0.05) is 49.3 Å². The van der Waals surface area contributed by atoms with E-state index < -0.39 is 12.1 Å². The number of fused-ring (bicyclic) bond motifs is 1. The Morgan fingerprint density at radius 3 is 2.43 bits per heavy atom. The molecule has 1 aromatic carbocycles. The van der Waals surface area contributed by atoms with Gasteiger partial charge in [0.1, 0.15) is 29.7 Å². The van der Waals surface area contributed by atoms with E-state index in [0.29, 0.717) is 61.1 Å². The SMILES string of the molecule is Cc1nc2n(n1)CC(=O)NCCCN(C(=O)c1c(C)noc1C)CCCC(=O)N[C@H](Cc1ccccc1)C(=O)N[C@H]2C(C)C. The minimum Gasteiger partial charge on any atom is -0.361 e. The molecule has 0 saturated carbocycles. The van der Waals surface area contributed by atoms with Crippen molar-refractivity contribution < 1.29 is 23.7 Å². The van der Waals surface area contributed by atoms with Gasteiger partial charge in [-0.05, 0) is 45.1 Å². The number of amides is 4. The molecule has 2 aromatic heterocycles. The van der Waals surface area contributed by atoms with Gasteiger partial charge in [0.05, 0.1) is 11.7 Å². The Kier molecular flexibility index (Phi) is 10.9. The van der Waals surface area contributed by atoms with E-state index in [4.69, 9.17) is 4.52 Å². The molecule has 13 nitrogen and oxygen atoms in total. The Morgan fingerprint density at radius 2 is 1.75 bits per heavy atom. The first-order valence-electron chi connectivity index (χ1n) is 15.1. The summed E-state index contributed by atoms with van der Waals surface area (Å²) in [5.41, 5.74) is 1.78. The van der Waals surface area contributed by atoms with Crippen LogP contribution in [0.3, 0.4) is 0 Å². The quantitative estimate of drug-likeness (QED) is 0.407. The second-order valence-corrected chi connectivity index (χ2v) is 11.5. The normalized spacial score (nSPS) is 19.4. The minimum atomic E-state index is -0.856. The van der Waals surface area contributed by atoms with Gasteiger partial charge in [0, 0.05) is 32.5 Å². The van der Waals surface area contributed by atoms with E-state index in [2.05, 4.69) is 31.2 Å². The first kappa shape index (κ1) is 32.4. The van der Waals surface area contributed by atoms with Crippen LogP contribution in [0, 0.1) is 26.7 Å². The number of benzene rings is 1. The van der Waals surface area contributed by atoms with Gasteiger partial charge in [0.15, 0.2) is 5.82 Å². The summed E-state index contributed by atoms with van der Waals surface area (Å²) < 4.78 is 6.72. The van der Waals surface area contributed by atoms with Crippen molar-refractivity contribution in [1.82, 2.24) is 40.8 Å². The molecule has 4 amide bonds. The zero-order chi connectivity index (χ0) is 31.8. The van der Waals surface area contributed by atoms with Gasteiger partial charge in [-0.3, -0.25) is 19.2 Å². The second-order valence-electron chi connectivity index (χ2n) is 11.5. The first-order valence-corrected chi connectivity index (χ1v) is 15.1. The third-order valence-electron chi connectivity index (χ3n) is 7.57. The molecule has 13 heteroatoms. The Balaban J connectivity index is 1.61. The van der Waals surface area contributed by atoms with Crippen LogP contribution in [-0.2, 0) is 27.3 Å². The van der Waals surface area contributed by atoms with Crippen molar-refractivity contribution in [2.24, 2.45) is 5.92 Å². The molecule has 3 N–H and O–H groups in total. The van der Waals surface area contributed by atoms with Gasteiger partial charge >= 0.3 is 0 Å². The molecule has 236 valence electrons. The smallest absolute Gasteiger partial charge is 0.259 e. The van der Waals surface area contributed by atoms with Crippen LogP contribution in [0.2, 0.25) is 0 Å². The number of aromatic nitrogens is 4. The van der Waals surface area contributed by atoms with Gasteiger partial charge in [0.25, 0.3) is 5.91 Å². The molecule has 0 fully saturated rings. The summed E-state index contributed by atoms with van der Waals surface area (Å²) in [5, 5.41) is 17.2. The highest BCUT2D eigenvalue weighted by Gasteiger charge is 2.30.